The first-order chi connectivity index (χ1) is 15.4. The molecule has 168 valence electrons. The van der Waals surface area contributed by atoms with E-state index in [9.17, 15) is 23.5 Å². The van der Waals surface area contributed by atoms with Crippen molar-refractivity contribution < 1.29 is 23.4 Å². The van der Waals surface area contributed by atoms with E-state index in [1.54, 1.807) is 24.3 Å². The number of carbonyl (C=O) groups excluding carboxylic acids is 1. The molecule has 1 aliphatic carbocycles. The minimum Gasteiger partial charge on any atom is -0.497 e. The van der Waals surface area contributed by atoms with Crippen LogP contribution in [0.15, 0.2) is 47.4 Å². The van der Waals surface area contributed by atoms with Gasteiger partial charge in [-0.3, -0.25) is 9.59 Å². The van der Waals surface area contributed by atoms with Gasteiger partial charge in [-0.2, -0.15) is 0 Å². The average Bonchev–Trinajstić information content (AvgIpc) is 2.79. The van der Waals surface area contributed by atoms with E-state index in [-0.39, 0.29) is 17.6 Å². The topological polar surface area (TPSA) is 80.6 Å². The zero-order valence-electron chi connectivity index (χ0n) is 17.6. The molecule has 1 amide bonds. The first-order valence-corrected chi connectivity index (χ1v) is 10.5. The fourth-order valence-corrected chi connectivity index (χ4v) is 4.19. The molecule has 0 unspecified atom stereocenters. The molecule has 2 N–H and O–H groups in total. The summed E-state index contributed by atoms with van der Waals surface area (Å²) >= 11 is 0. The van der Waals surface area contributed by atoms with Crippen LogP contribution in [-0.2, 0) is 6.54 Å². The number of aliphatic hydroxyl groups is 1. The Kier molecular flexibility index (Phi) is 6.23. The standard InChI is InChI=1S/C24H24F2N2O4/c1-32-15-8-6-14(7-9-15)12-28-13-16(24(31)27-19-4-2-3-5-20(19)29)23(30)21-17(25)10-11-18(26)22(21)28/h6-11,13,19-20,29H,2-5,12H2,1H3,(H,27,31)/t19-,20+/m0/s1. The third kappa shape index (κ3) is 4.23. The first kappa shape index (κ1) is 22.0. The molecule has 8 heteroatoms. The highest BCUT2D eigenvalue weighted by molar-refractivity contribution is 5.97. The van der Waals surface area contributed by atoms with Crippen molar-refractivity contribution >= 4 is 16.8 Å². The maximum atomic E-state index is 14.7. The number of hydrogen-bond donors (Lipinski definition) is 2. The molecule has 1 aliphatic rings. The van der Waals surface area contributed by atoms with Gasteiger partial charge in [0.1, 0.15) is 22.9 Å². The van der Waals surface area contributed by atoms with E-state index in [0.29, 0.717) is 18.6 Å². The Balaban J connectivity index is 1.79. The van der Waals surface area contributed by atoms with E-state index in [4.69, 9.17) is 4.74 Å². The van der Waals surface area contributed by atoms with Crippen molar-refractivity contribution in [2.24, 2.45) is 0 Å². The number of rotatable bonds is 5. The summed E-state index contributed by atoms with van der Waals surface area (Å²) in [4.78, 5) is 25.9. The van der Waals surface area contributed by atoms with Gasteiger partial charge in [-0.15, -0.1) is 0 Å². The van der Waals surface area contributed by atoms with Gasteiger partial charge < -0.3 is 19.7 Å². The van der Waals surface area contributed by atoms with Crippen molar-refractivity contribution in [2.45, 2.75) is 44.4 Å². The highest BCUT2D eigenvalue weighted by atomic mass is 19.1. The molecule has 0 aliphatic heterocycles. The summed E-state index contributed by atoms with van der Waals surface area (Å²) in [5.41, 5.74) is -0.646. The number of fused-ring (bicyclic) bond motifs is 1. The number of nitrogens with one attached hydrogen (secondary N) is 1. The van der Waals surface area contributed by atoms with E-state index in [1.165, 1.54) is 17.9 Å². The lowest BCUT2D eigenvalue weighted by molar-refractivity contribution is 0.0716. The molecule has 0 bridgehead atoms. The first-order valence-electron chi connectivity index (χ1n) is 10.5. The average molecular weight is 442 g/mol. The second-order valence-corrected chi connectivity index (χ2v) is 8.03. The lowest BCUT2D eigenvalue weighted by Crippen LogP contribution is -2.46. The molecular formula is C24H24F2N2O4. The smallest absolute Gasteiger partial charge is 0.257 e. The Morgan fingerprint density at radius 3 is 2.50 bits per heavy atom. The van der Waals surface area contributed by atoms with Crippen molar-refractivity contribution in [1.82, 2.24) is 9.88 Å². The maximum absolute atomic E-state index is 14.7. The minimum atomic E-state index is -0.901. The summed E-state index contributed by atoms with van der Waals surface area (Å²) in [6.45, 7) is 0.105. The second-order valence-electron chi connectivity index (χ2n) is 8.03. The van der Waals surface area contributed by atoms with Gasteiger partial charge in [-0.05, 0) is 42.7 Å². The largest absolute Gasteiger partial charge is 0.497 e. The molecule has 0 spiro atoms. The maximum Gasteiger partial charge on any atom is 0.257 e. The van der Waals surface area contributed by atoms with Crippen molar-refractivity contribution in [1.29, 1.82) is 0 Å². The number of methoxy groups -OCH3 is 1. The quantitative estimate of drug-likeness (QED) is 0.635. The van der Waals surface area contributed by atoms with Crippen LogP contribution in [0.3, 0.4) is 0 Å². The van der Waals surface area contributed by atoms with Crippen LogP contribution in [0.4, 0.5) is 8.78 Å². The molecule has 3 aromatic rings. The molecule has 0 radical (unpaired) electrons. The summed E-state index contributed by atoms with van der Waals surface area (Å²) in [7, 11) is 1.54. The number of pyridine rings is 1. The van der Waals surface area contributed by atoms with Crippen LogP contribution in [-0.4, -0.2) is 34.8 Å². The van der Waals surface area contributed by atoms with Crippen LogP contribution < -0.4 is 15.5 Å². The van der Waals surface area contributed by atoms with Crippen LogP contribution in [0.25, 0.3) is 10.9 Å². The number of halogens is 2. The summed E-state index contributed by atoms with van der Waals surface area (Å²) in [5.74, 6) is -1.74. The third-order valence-electron chi connectivity index (χ3n) is 5.92. The number of carbonyl (C=O) groups is 1. The van der Waals surface area contributed by atoms with Crippen LogP contribution in [0.5, 0.6) is 5.75 Å². The van der Waals surface area contributed by atoms with Crippen LogP contribution >= 0.6 is 0 Å². The zero-order valence-corrected chi connectivity index (χ0v) is 17.6. The summed E-state index contributed by atoms with van der Waals surface area (Å²) < 4.78 is 35.9. The fourth-order valence-electron chi connectivity index (χ4n) is 4.19. The summed E-state index contributed by atoms with van der Waals surface area (Å²) in [5, 5.41) is 12.4. The molecule has 4 rings (SSSR count). The Morgan fingerprint density at radius 1 is 1.12 bits per heavy atom. The molecule has 6 nitrogen and oxygen atoms in total. The molecule has 32 heavy (non-hydrogen) atoms. The summed E-state index contributed by atoms with van der Waals surface area (Å²) in [6.07, 6.45) is 3.41. The summed E-state index contributed by atoms with van der Waals surface area (Å²) in [6, 6.07) is 8.34. The normalized spacial score (nSPS) is 18.5. The molecule has 1 fully saturated rings. The molecule has 1 heterocycles. The number of aromatic nitrogens is 1. The lowest BCUT2D eigenvalue weighted by Gasteiger charge is -2.28. The van der Waals surface area contributed by atoms with Crippen LogP contribution in [0.1, 0.15) is 41.6 Å². The number of aliphatic hydroxyl groups excluding tert-OH is 1. The minimum absolute atomic E-state index is 0.105. The van der Waals surface area contributed by atoms with E-state index in [2.05, 4.69) is 5.32 Å². The molecule has 2 atom stereocenters. The van der Waals surface area contributed by atoms with Crippen molar-refractivity contribution in [3.8, 4) is 5.75 Å². The van der Waals surface area contributed by atoms with Gasteiger partial charge in [0.2, 0.25) is 5.43 Å². The predicted molar refractivity (Wildman–Crippen MR) is 116 cm³/mol. The van der Waals surface area contributed by atoms with Gasteiger partial charge in [-0.1, -0.05) is 25.0 Å². The van der Waals surface area contributed by atoms with Crippen molar-refractivity contribution in [3.63, 3.8) is 0 Å². The number of benzene rings is 2. The van der Waals surface area contributed by atoms with E-state index < -0.39 is 40.5 Å². The molecule has 1 saturated carbocycles. The van der Waals surface area contributed by atoms with Gasteiger partial charge in [0.25, 0.3) is 5.91 Å². The third-order valence-corrected chi connectivity index (χ3v) is 5.92. The van der Waals surface area contributed by atoms with E-state index in [1.807, 2.05) is 0 Å². The van der Waals surface area contributed by atoms with Crippen molar-refractivity contribution in [3.05, 3.63) is 75.6 Å². The lowest BCUT2D eigenvalue weighted by atomic mass is 9.92. The Bertz CT molecular complexity index is 1210. The Labute approximate surface area is 183 Å². The van der Waals surface area contributed by atoms with Gasteiger partial charge >= 0.3 is 0 Å². The fraction of sp³-hybridized carbons (Fsp3) is 0.333. The van der Waals surface area contributed by atoms with Crippen molar-refractivity contribution in [2.75, 3.05) is 7.11 Å². The van der Waals surface area contributed by atoms with Gasteiger partial charge in [-0.25, -0.2) is 8.78 Å². The molecule has 2 aromatic carbocycles. The molecule has 1 aromatic heterocycles. The zero-order chi connectivity index (χ0) is 22.8. The Morgan fingerprint density at radius 2 is 1.81 bits per heavy atom. The highest BCUT2D eigenvalue weighted by Crippen LogP contribution is 2.22. The number of nitrogens with zero attached hydrogens (tertiary/aromatic N) is 1. The number of ether oxygens (including phenoxy) is 1. The molecular weight excluding hydrogens is 418 g/mol. The van der Waals surface area contributed by atoms with Gasteiger partial charge in [0.05, 0.1) is 30.2 Å². The second kappa shape index (κ2) is 9.08. The van der Waals surface area contributed by atoms with Crippen LogP contribution in [0.2, 0.25) is 0 Å². The Hall–Kier alpha value is -3.26. The van der Waals surface area contributed by atoms with Crippen LogP contribution in [0, 0.1) is 11.6 Å². The van der Waals surface area contributed by atoms with Gasteiger partial charge in [0.15, 0.2) is 0 Å². The number of hydrogen-bond acceptors (Lipinski definition) is 4. The number of amides is 1. The van der Waals surface area contributed by atoms with Gasteiger partial charge in [0, 0.05) is 12.7 Å². The predicted octanol–water partition coefficient (Wildman–Crippen LogP) is 3.37. The monoisotopic (exact) mass is 442 g/mol. The SMILES string of the molecule is COc1ccc(Cn2cc(C(=O)N[C@H]3CCCC[C@H]3O)c(=O)c3c(F)ccc(F)c32)cc1. The van der Waals surface area contributed by atoms with E-state index in [0.717, 1.165) is 30.5 Å². The van der Waals surface area contributed by atoms with E-state index >= 15 is 0 Å². The highest BCUT2D eigenvalue weighted by Gasteiger charge is 2.27. The molecule has 0 saturated heterocycles.